The highest BCUT2D eigenvalue weighted by Gasteiger charge is 2.50. The van der Waals surface area contributed by atoms with Gasteiger partial charge in [-0.2, -0.15) is 0 Å². The molecule has 2 aromatic heterocycles. The second-order valence-electron chi connectivity index (χ2n) is 11.7. The zero-order valence-electron chi connectivity index (χ0n) is 20.0. The molecular formula is C26H36N4O3. The molecule has 2 aromatic rings. The Bertz CT molecular complexity index is 1020. The van der Waals surface area contributed by atoms with Gasteiger partial charge in [-0.3, -0.25) is 9.20 Å². The van der Waals surface area contributed by atoms with Crippen molar-refractivity contribution in [3.63, 3.8) is 0 Å². The highest BCUT2D eigenvalue weighted by molar-refractivity contribution is 5.94. The van der Waals surface area contributed by atoms with Crippen LogP contribution < -0.4 is 10.6 Å². The summed E-state index contributed by atoms with van der Waals surface area (Å²) in [6.45, 7) is 7.77. The van der Waals surface area contributed by atoms with Gasteiger partial charge in [0, 0.05) is 24.8 Å². The number of hydrogen-bond donors (Lipinski definition) is 2. The number of imidazole rings is 1. The van der Waals surface area contributed by atoms with Crippen LogP contribution in [0, 0.1) is 23.2 Å². The Morgan fingerprint density at radius 1 is 1.12 bits per heavy atom. The van der Waals surface area contributed by atoms with Gasteiger partial charge >= 0.3 is 5.97 Å². The van der Waals surface area contributed by atoms with Crippen LogP contribution in [0.15, 0.2) is 24.4 Å². The smallest absolute Gasteiger partial charge is 0.358 e. The van der Waals surface area contributed by atoms with Crippen LogP contribution in [0.5, 0.6) is 0 Å². The van der Waals surface area contributed by atoms with E-state index in [2.05, 4.69) is 36.4 Å². The van der Waals surface area contributed by atoms with Crippen molar-refractivity contribution >= 4 is 17.5 Å². The Kier molecular flexibility index (Phi) is 5.71. The summed E-state index contributed by atoms with van der Waals surface area (Å²) in [5, 5.41) is 6.52. The van der Waals surface area contributed by atoms with Crippen LogP contribution in [0.1, 0.15) is 80.3 Å². The summed E-state index contributed by atoms with van der Waals surface area (Å²) in [7, 11) is 0. The predicted molar refractivity (Wildman–Crippen MR) is 126 cm³/mol. The van der Waals surface area contributed by atoms with E-state index in [0.717, 1.165) is 24.3 Å². The van der Waals surface area contributed by atoms with Gasteiger partial charge in [0.1, 0.15) is 17.9 Å². The van der Waals surface area contributed by atoms with Gasteiger partial charge in [0.25, 0.3) is 5.91 Å². The van der Waals surface area contributed by atoms with Crippen molar-refractivity contribution in [3.05, 3.63) is 35.8 Å². The van der Waals surface area contributed by atoms with Gasteiger partial charge in [0.2, 0.25) is 0 Å². The molecule has 7 heteroatoms. The highest BCUT2D eigenvalue weighted by atomic mass is 16.5. The number of amides is 1. The second-order valence-corrected chi connectivity index (χ2v) is 11.7. The second kappa shape index (κ2) is 8.42. The van der Waals surface area contributed by atoms with E-state index < -0.39 is 5.97 Å². The molecule has 0 spiro atoms. The molecule has 4 bridgehead atoms. The van der Waals surface area contributed by atoms with Crippen LogP contribution in [0.25, 0.3) is 5.65 Å². The number of rotatable bonds is 7. The van der Waals surface area contributed by atoms with Gasteiger partial charge in [-0.05, 0) is 94.6 Å². The van der Waals surface area contributed by atoms with Crippen LogP contribution in [-0.4, -0.2) is 46.5 Å². The zero-order valence-corrected chi connectivity index (χ0v) is 20.0. The number of fused-ring (bicyclic) bond motifs is 1. The predicted octanol–water partition coefficient (Wildman–Crippen LogP) is 3.83. The molecule has 0 unspecified atom stereocenters. The number of carbonyl (C=O) groups is 2. The fraction of sp³-hybridized carbons (Fsp3) is 0.654. The van der Waals surface area contributed by atoms with Gasteiger partial charge in [-0.25, -0.2) is 9.78 Å². The first-order valence-electron chi connectivity index (χ1n) is 12.4. The van der Waals surface area contributed by atoms with Crippen molar-refractivity contribution in [2.45, 2.75) is 64.8 Å². The first-order chi connectivity index (χ1) is 15.7. The number of carbonyl (C=O) groups excluding carboxylic acids is 2. The lowest BCUT2D eigenvalue weighted by Crippen LogP contribution is -2.51. The van der Waals surface area contributed by atoms with E-state index in [9.17, 15) is 9.59 Å². The molecule has 2 heterocycles. The van der Waals surface area contributed by atoms with E-state index in [0.29, 0.717) is 17.9 Å². The maximum atomic E-state index is 13.2. The lowest BCUT2D eigenvalue weighted by molar-refractivity contribution is -0.0503. The monoisotopic (exact) mass is 452 g/mol. The summed E-state index contributed by atoms with van der Waals surface area (Å²) in [4.78, 5) is 30.0. The Morgan fingerprint density at radius 2 is 1.79 bits per heavy atom. The van der Waals surface area contributed by atoms with Crippen molar-refractivity contribution in [3.8, 4) is 0 Å². The summed E-state index contributed by atoms with van der Waals surface area (Å²) in [5.41, 5.74) is 1.53. The van der Waals surface area contributed by atoms with Crippen LogP contribution in [0.3, 0.4) is 0 Å². The molecule has 0 aromatic carbocycles. The topological polar surface area (TPSA) is 84.7 Å². The van der Waals surface area contributed by atoms with E-state index in [1.54, 1.807) is 22.7 Å². The SMILES string of the molecule is CC(C)(C)NCCOC(=O)c1cn2c(C(=O)NCC34CC5CC(CC(C5)C3)C4)cccc2n1. The molecular weight excluding hydrogens is 416 g/mol. The number of hydrogen-bond acceptors (Lipinski definition) is 5. The molecule has 7 nitrogen and oxygen atoms in total. The Morgan fingerprint density at radius 3 is 2.42 bits per heavy atom. The Hall–Kier alpha value is -2.41. The summed E-state index contributed by atoms with van der Waals surface area (Å²) in [6.07, 6.45) is 9.57. The molecule has 6 rings (SSSR count). The van der Waals surface area contributed by atoms with E-state index in [4.69, 9.17) is 4.74 Å². The number of nitrogens with one attached hydrogen (secondary N) is 2. The van der Waals surface area contributed by atoms with Crippen LogP contribution >= 0.6 is 0 Å². The average molecular weight is 453 g/mol. The minimum absolute atomic E-state index is 0.0338. The third kappa shape index (κ3) is 4.79. The Labute approximate surface area is 195 Å². The zero-order chi connectivity index (χ0) is 23.2. The van der Waals surface area contributed by atoms with Crippen molar-refractivity contribution in [2.75, 3.05) is 19.7 Å². The maximum absolute atomic E-state index is 13.2. The van der Waals surface area contributed by atoms with Gasteiger partial charge in [0.05, 0.1) is 0 Å². The lowest BCUT2D eigenvalue weighted by Gasteiger charge is -2.56. The molecule has 0 radical (unpaired) electrons. The third-order valence-corrected chi connectivity index (χ3v) is 7.71. The normalized spacial score (nSPS) is 28.3. The summed E-state index contributed by atoms with van der Waals surface area (Å²) in [5.74, 6) is 1.99. The summed E-state index contributed by atoms with van der Waals surface area (Å²) in [6, 6.07) is 5.39. The van der Waals surface area contributed by atoms with Gasteiger partial charge in [0.15, 0.2) is 5.69 Å². The van der Waals surface area contributed by atoms with Crippen LogP contribution in [0.4, 0.5) is 0 Å². The first kappa shape index (κ1) is 22.4. The fourth-order valence-electron chi connectivity index (χ4n) is 6.80. The van der Waals surface area contributed by atoms with Crippen molar-refractivity contribution < 1.29 is 14.3 Å². The molecule has 0 saturated heterocycles. The van der Waals surface area contributed by atoms with Gasteiger partial charge in [-0.1, -0.05) is 6.07 Å². The largest absolute Gasteiger partial charge is 0.460 e. The van der Waals surface area contributed by atoms with E-state index >= 15 is 0 Å². The van der Waals surface area contributed by atoms with E-state index in [-0.39, 0.29) is 29.2 Å². The number of nitrogens with zero attached hydrogens (tertiary/aromatic N) is 2. The minimum atomic E-state index is -0.477. The third-order valence-electron chi connectivity index (χ3n) is 7.71. The van der Waals surface area contributed by atoms with Crippen LogP contribution in [-0.2, 0) is 4.74 Å². The van der Waals surface area contributed by atoms with Crippen molar-refractivity contribution in [2.24, 2.45) is 23.2 Å². The summed E-state index contributed by atoms with van der Waals surface area (Å²) < 4.78 is 7.05. The molecule has 2 N–H and O–H groups in total. The van der Waals surface area contributed by atoms with Crippen molar-refractivity contribution in [1.29, 1.82) is 0 Å². The van der Waals surface area contributed by atoms with Gasteiger partial charge < -0.3 is 15.4 Å². The highest BCUT2D eigenvalue weighted by Crippen LogP contribution is 2.59. The lowest BCUT2D eigenvalue weighted by atomic mass is 9.49. The van der Waals surface area contributed by atoms with E-state index in [1.165, 1.54) is 38.5 Å². The standard InChI is InChI=1S/C26H36N4O3/c1-25(2,3)28-7-8-33-24(32)20-15-30-21(5-4-6-22(30)29-20)23(31)27-16-26-12-17-9-18(13-26)11-19(10-17)14-26/h4-6,15,17-19,28H,7-14,16H2,1-3H3,(H,27,31). The quantitative estimate of drug-likeness (QED) is 0.493. The summed E-state index contributed by atoms with van der Waals surface area (Å²) >= 11 is 0. The van der Waals surface area contributed by atoms with Gasteiger partial charge in [-0.15, -0.1) is 0 Å². The minimum Gasteiger partial charge on any atom is -0.460 e. The number of aromatic nitrogens is 2. The molecule has 0 aliphatic heterocycles. The number of pyridine rings is 1. The van der Waals surface area contributed by atoms with Crippen molar-refractivity contribution in [1.82, 2.24) is 20.0 Å². The molecule has 33 heavy (non-hydrogen) atoms. The molecule has 4 fully saturated rings. The molecule has 0 atom stereocenters. The maximum Gasteiger partial charge on any atom is 0.358 e. The fourth-order valence-corrected chi connectivity index (χ4v) is 6.80. The molecule has 4 aliphatic carbocycles. The Balaban J connectivity index is 1.23. The van der Waals surface area contributed by atoms with Crippen LogP contribution in [0.2, 0.25) is 0 Å². The molecule has 4 aliphatic rings. The molecule has 4 saturated carbocycles. The number of esters is 1. The number of ether oxygens (including phenoxy) is 1. The molecule has 1 amide bonds. The average Bonchev–Trinajstić information content (AvgIpc) is 3.18. The molecule has 178 valence electrons. The van der Waals surface area contributed by atoms with E-state index in [1.807, 2.05) is 6.07 Å². The first-order valence-corrected chi connectivity index (χ1v) is 12.4.